The van der Waals surface area contributed by atoms with E-state index in [1.165, 1.54) is 11.0 Å². The highest BCUT2D eigenvalue weighted by molar-refractivity contribution is 6.30. The molecule has 1 aliphatic heterocycles. The Hall–Kier alpha value is -2.19. The maximum atomic E-state index is 11.2. The lowest BCUT2D eigenvalue weighted by atomic mass is 10.1. The zero-order valence-corrected chi connectivity index (χ0v) is 17.2. The van der Waals surface area contributed by atoms with Gasteiger partial charge in [-0.3, -0.25) is 10.1 Å². The quantitative estimate of drug-likeness (QED) is 0.505. The molecule has 1 saturated heterocycles. The number of hydrogen-bond acceptors (Lipinski definition) is 5. The number of halogens is 1. The molecule has 0 amide bonds. The largest absolute Gasteiger partial charge is 0.385 e. The van der Waals surface area contributed by atoms with E-state index in [1.54, 1.807) is 12.1 Å². The van der Waals surface area contributed by atoms with Crippen LogP contribution < -0.4 is 9.80 Å². The highest BCUT2D eigenvalue weighted by Gasteiger charge is 2.26. The van der Waals surface area contributed by atoms with Crippen molar-refractivity contribution in [1.82, 2.24) is 0 Å². The van der Waals surface area contributed by atoms with Crippen LogP contribution in [-0.4, -0.2) is 55.5 Å². The molecule has 156 valence electrons. The highest BCUT2D eigenvalue weighted by atomic mass is 35.5. The Morgan fingerprint density at radius 1 is 1.21 bits per heavy atom. The number of hydrogen-bond donors (Lipinski definition) is 2. The van der Waals surface area contributed by atoms with Crippen molar-refractivity contribution < 1.29 is 19.7 Å². The number of aliphatic hydroxyl groups is 1. The predicted molar refractivity (Wildman–Crippen MR) is 113 cm³/mol. The van der Waals surface area contributed by atoms with E-state index in [4.69, 9.17) is 16.3 Å². The Kier molecular flexibility index (Phi) is 7.44. The topological polar surface area (TPSA) is 80.3 Å². The van der Waals surface area contributed by atoms with Crippen molar-refractivity contribution in [3.05, 3.63) is 69.2 Å². The van der Waals surface area contributed by atoms with Gasteiger partial charge in [0, 0.05) is 11.1 Å². The van der Waals surface area contributed by atoms with Gasteiger partial charge in [0.1, 0.15) is 18.3 Å². The van der Waals surface area contributed by atoms with E-state index in [1.807, 2.05) is 42.2 Å². The van der Waals surface area contributed by atoms with E-state index in [0.29, 0.717) is 17.3 Å². The molecule has 0 aliphatic carbocycles. The van der Waals surface area contributed by atoms with Crippen molar-refractivity contribution in [2.75, 3.05) is 44.2 Å². The minimum Gasteiger partial charge on any atom is -0.385 e. The van der Waals surface area contributed by atoms with Crippen LogP contribution in [0.3, 0.4) is 0 Å². The van der Waals surface area contributed by atoms with Crippen molar-refractivity contribution >= 4 is 23.0 Å². The summed E-state index contributed by atoms with van der Waals surface area (Å²) in [6.07, 6.45) is -0.676. The molecular weight excluding hydrogens is 394 g/mol. The summed E-state index contributed by atoms with van der Waals surface area (Å²) in [5, 5.41) is 22.3. The standard InChI is InChI=1S/C21H26ClN3O4/c1-16(17-6-8-18(22)9-7-17)29-15-19(26)14-23-10-12-24(13-11-23)20-4-2-3-5-21(20)25(27)28/h2-9,16,19,26H,10-15H2,1H3/p+1/t16-,19-/m1/s1. The maximum absolute atomic E-state index is 11.2. The van der Waals surface area contributed by atoms with Crippen molar-refractivity contribution in [3.63, 3.8) is 0 Å². The van der Waals surface area contributed by atoms with Gasteiger partial charge in [0.25, 0.3) is 5.69 Å². The fraction of sp³-hybridized carbons (Fsp3) is 0.429. The van der Waals surface area contributed by atoms with Crippen LogP contribution in [0.2, 0.25) is 5.02 Å². The van der Waals surface area contributed by atoms with Crippen LogP contribution in [0.25, 0.3) is 0 Å². The molecule has 0 aromatic heterocycles. The second-order valence-corrected chi connectivity index (χ2v) is 7.80. The first-order valence-electron chi connectivity index (χ1n) is 9.81. The van der Waals surface area contributed by atoms with E-state index >= 15 is 0 Å². The second kappa shape index (κ2) is 10.0. The number of rotatable bonds is 8. The summed E-state index contributed by atoms with van der Waals surface area (Å²) in [7, 11) is 0. The van der Waals surface area contributed by atoms with E-state index in [9.17, 15) is 15.2 Å². The molecule has 0 bridgehead atoms. The number of para-hydroxylation sites is 2. The molecule has 1 fully saturated rings. The van der Waals surface area contributed by atoms with Gasteiger partial charge in [-0.15, -0.1) is 0 Å². The van der Waals surface area contributed by atoms with Gasteiger partial charge in [-0.2, -0.15) is 0 Å². The molecule has 8 heteroatoms. The summed E-state index contributed by atoms with van der Waals surface area (Å²) in [4.78, 5) is 14.2. The van der Waals surface area contributed by atoms with Crippen molar-refractivity contribution in [2.24, 2.45) is 0 Å². The summed E-state index contributed by atoms with van der Waals surface area (Å²) in [6.45, 7) is 5.88. The molecule has 1 heterocycles. The molecule has 2 atom stereocenters. The van der Waals surface area contributed by atoms with Gasteiger partial charge in [0.2, 0.25) is 0 Å². The molecule has 7 nitrogen and oxygen atoms in total. The molecular formula is C21H27ClN3O4+. The average molecular weight is 421 g/mol. The third-order valence-corrected chi connectivity index (χ3v) is 5.54. The first kappa shape index (κ1) is 21.5. The van der Waals surface area contributed by atoms with Gasteiger partial charge in [-0.1, -0.05) is 35.9 Å². The van der Waals surface area contributed by atoms with Gasteiger partial charge in [-0.05, 0) is 30.7 Å². The number of nitrogens with one attached hydrogen (secondary N) is 1. The van der Waals surface area contributed by atoms with Gasteiger partial charge in [-0.25, -0.2) is 0 Å². The molecule has 0 saturated carbocycles. The van der Waals surface area contributed by atoms with E-state index in [2.05, 4.69) is 0 Å². The van der Waals surface area contributed by atoms with Crippen LogP contribution in [0.1, 0.15) is 18.6 Å². The van der Waals surface area contributed by atoms with E-state index < -0.39 is 6.10 Å². The Balaban J connectivity index is 1.44. The summed E-state index contributed by atoms with van der Waals surface area (Å²) < 4.78 is 5.81. The second-order valence-electron chi connectivity index (χ2n) is 7.37. The average Bonchev–Trinajstić information content (AvgIpc) is 2.73. The Morgan fingerprint density at radius 3 is 2.52 bits per heavy atom. The fourth-order valence-electron chi connectivity index (χ4n) is 3.63. The van der Waals surface area contributed by atoms with Gasteiger partial charge >= 0.3 is 0 Å². The highest BCUT2D eigenvalue weighted by Crippen LogP contribution is 2.27. The lowest BCUT2D eigenvalue weighted by Crippen LogP contribution is -3.16. The number of piperazine rings is 1. The minimum absolute atomic E-state index is 0.118. The van der Waals surface area contributed by atoms with Crippen molar-refractivity contribution in [2.45, 2.75) is 19.1 Å². The third kappa shape index (κ3) is 5.90. The number of nitrogens with zero attached hydrogens (tertiary/aromatic N) is 2. The number of nitro groups is 1. The molecule has 0 spiro atoms. The zero-order chi connectivity index (χ0) is 20.8. The summed E-state index contributed by atoms with van der Waals surface area (Å²) in [6, 6.07) is 14.3. The first-order valence-corrected chi connectivity index (χ1v) is 10.2. The van der Waals surface area contributed by atoms with Crippen LogP contribution in [0.5, 0.6) is 0 Å². The van der Waals surface area contributed by atoms with E-state index in [-0.39, 0.29) is 23.3 Å². The molecule has 29 heavy (non-hydrogen) atoms. The van der Waals surface area contributed by atoms with Crippen molar-refractivity contribution in [3.8, 4) is 0 Å². The van der Waals surface area contributed by atoms with E-state index in [0.717, 1.165) is 31.7 Å². The molecule has 2 aromatic rings. The normalized spacial score (nSPS) is 17.1. The van der Waals surface area contributed by atoms with Crippen molar-refractivity contribution in [1.29, 1.82) is 0 Å². The number of ether oxygens (including phenoxy) is 1. The Bertz CT molecular complexity index is 810. The molecule has 0 unspecified atom stereocenters. The molecule has 0 radical (unpaired) electrons. The monoisotopic (exact) mass is 420 g/mol. The van der Waals surface area contributed by atoms with Crippen LogP contribution in [0, 0.1) is 10.1 Å². The Labute approximate surface area is 175 Å². The van der Waals surface area contributed by atoms with Crippen LogP contribution in [0.15, 0.2) is 48.5 Å². The van der Waals surface area contributed by atoms with Gasteiger partial charge in [0.05, 0.1) is 43.8 Å². The third-order valence-electron chi connectivity index (χ3n) is 5.29. The summed E-state index contributed by atoms with van der Waals surface area (Å²) in [5.74, 6) is 0. The number of quaternary nitrogens is 1. The lowest BCUT2D eigenvalue weighted by Gasteiger charge is -2.34. The van der Waals surface area contributed by atoms with Crippen LogP contribution in [-0.2, 0) is 4.74 Å². The lowest BCUT2D eigenvalue weighted by molar-refractivity contribution is -0.903. The fourth-order valence-corrected chi connectivity index (χ4v) is 3.76. The maximum Gasteiger partial charge on any atom is 0.292 e. The predicted octanol–water partition coefficient (Wildman–Crippen LogP) is 2.09. The smallest absolute Gasteiger partial charge is 0.292 e. The van der Waals surface area contributed by atoms with Crippen LogP contribution in [0.4, 0.5) is 11.4 Å². The molecule has 1 aliphatic rings. The minimum atomic E-state index is -0.558. The number of nitro benzene ring substituents is 1. The number of anilines is 1. The summed E-state index contributed by atoms with van der Waals surface area (Å²) in [5.41, 5.74) is 1.82. The summed E-state index contributed by atoms with van der Waals surface area (Å²) >= 11 is 5.91. The molecule has 2 N–H and O–H groups in total. The number of benzene rings is 2. The van der Waals surface area contributed by atoms with Crippen LogP contribution >= 0.6 is 11.6 Å². The first-order chi connectivity index (χ1) is 13.9. The zero-order valence-electron chi connectivity index (χ0n) is 16.5. The molecule has 3 rings (SSSR count). The SMILES string of the molecule is C[C@@H](OC[C@H](O)C[NH+]1CCN(c2ccccc2[N+](=O)[O-])CC1)c1ccc(Cl)cc1. The van der Waals surface area contributed by atoms with Gasteiger partial charge < -0.3 is 19.6 Å². The number of aliphatic hydroxyl groups excluding tert-OH is 1. The molecule has 2 aromatic carbocycles. The van der Waals surface area contributed by atoms with Gasteiger partial charge in [0.15, 0.2) is 0 Å². The Morgan fingerprint density at radius 2 is 1.86 bits per heavy atom.